The van der Waals surface area contributed by atoms with Gasteiger partial charge in [-0.15, -0.1) is 16.4 Å². The molecular weight excluding hydrogens is 332 g/mol. The third-order valence-electron chi connectivity index (χ3n) is 2.98. The summed E-state index contributed by atoms with van der Waals surface area (Å²) in [5.74, 6) is 1.66. The summed E-state index contributed by atoms with van der Waals surface area (Å²) in [6, 6.07) is 13.6. The zero-order valence-corrected chi connectivity index (χ0v) is 13.4. The summed E-state index contributed by atoms with van der Waals surface area (Å²) in [5.41, 5.74) is 0.907. The standard InChI is InChI=1S/C14H10N6OS2/c1-2-5-10(6-3-1)20-14(16-18-19-20)23-9-12-15-13(17-21-12)11-7-4-8-22-11/h1-8H,9H2. The molecule has 0 saturated heterocycles. The number of nitrogens with zero attached hydrogens (tertiary/aromatic N) is 6. The van der Waals surface area contributed by atoms with E-state index in [1.165, 1.54) is 11.8 Å². The first-order chi connectivity index (χ1) is 11.4. The van der Waals surface area contributed by atoms with Crippen molar-refractivity contribution in [2.24, 2.45) is 0 Å². The molecule has 23 heavy (non-hydrogen) atoms. The quantitative estimate of drug-likeness (QED) is 0.515. The van der Waals surface area contributed by atoms with Crippen LogP contribution in [-0.2, 0) is 5.75 Å². The predicted molar refractivity (Wildman–Crippen MR) is 86.3 cm³/mol. The van der Waals surface area contributed by atoms with Gasteiger partial charge in [0.05, 0.1) is 16.3 Å². The van der Waals surface area contributed by atoms with Gasteiger partial charge in [-0.3, -0.25) is 0 Å². The summed E-state index contributed by atoms with van der Waals surface area (Å²) in [5, 5.41) is 18.4. The lowest BCUT2D eigenvalue weighted by Crippen LogP contribution is -1.98. The van der Waals surface area contributed by atoms with Crippen LogP contribution in [0.15, 0.2) is 57.5 Å². The van der Waals surface area contributed by atoms with E-state index in [9.17, 15) is 0 Å². The van der Waals surface area contributed by atoms with Gasteiger partial charge in [0.2, 0.25) is 16.9 Å². The van der Waals surface area contributed by atoms with Crippen molar-refractivity contribution in [3.8, 4) is 16.4 Å². The molecule has 0 aliphatic rings. The highest BCUT2D eigenvalue weighted by atomic mass is 32.2. The third-order valence-corrected chi connectivity index (χ3v) is 4.75. The van der Waals surface area contributed by atoms with Crippen LogP contribution in [-0.4, -0.2) is 30.3 Å². The highest BCUT2D eigenvalue weighted by Crippen LogP contribution is 2.25. The molecule has 4 aromatic rings. The molecule has 0 N–H and O–H groups in total. The normalized spacial score (nSPS) is 11.0. The van der Waals surface area contributed by atoms with Crippen molar-refractivity contribution < 1.29 is 4.52 Å². The number of rotatable bonds is 5. The smallest absolute Gasteiger partial charge is 0.237 e. The second-order valence-electron chi connectivity index (χ2n) is 4.49. The Kier molecular flexibility index (Phi) is 3.86. The first kappa shape index (κ1) is 14.1. The molecule has 3 aromatic heterocycles. The lowest BCUT2D eigenvalue weighted by atomic mass is 10.3. The average molecular weight is 342 g/mol. The molecule has 0 aliphatic heterocycles. The maximum absolute atomic E-state index is 5.28. The van der Waals surface area contributed by atoms with Gasteiger partial charge < -0.3 is 4.52 Å². The highest BCUT2D eigenvalue weighted by molar-refractivity contribution is 7.98. The Hall–Kier alpha value is -2.52. The van der Waals surface area contributed by atoms with Gasteiger partial charge in [0.15, 0.2) is 0 Å². The lowest BCUT2D eigenvalue weighted by Gasteiger charge is -2.01. The van der Waals surface area contributed by atoms with Crippen LogP contribution in [0, 0.1) is 0 Å². The predicted octanol–water partition coefficient (Wildman–Crippen LogP) is 3.07. The number of hydrogen-bond donors (Lipinski definition) is 0. The minimum Gasteiger partial charge on any atom is -0.338 e. The largest absolute Gasteiger partial charge is 0.338 e. The Bertz CT molecular complexity index is 887. The number of benzene rings is 1. The monoisotopic (exact) mass is 342 g/mol. The average Bonchev–Trinajstić information content (AvgIpc) is 3.33. The van der Waals surface area contributed by atoms with Crippen LogP contribution in [0.1, 0.15) is 5.89 Å². The zero-order chi connectivity index (χ0) is 15.5. The lowest BCUT2D eigenvalue weighted by molar-refractivity contribution is 0.391. The van der Waals surface area contributed by atoms with Crippen LogP contribution in [0.25, 0.3) is 16.4 Å². The molecule has 0 fully saturated rings. The van der Waals surface area contributed by atoms with Gasteiger partial charge in [0, 0.05) is 0 Å². The van der Waals surface area contributed by atoms with E-state index >= 15 is 0 Å². The van der Waals surface area contributed by atoms with E-state index in [2.05, 4.69) is 25.7 Å². The van der Waals surface area contributed by atoms with E-state index < -0.39 is 0 Å². The summed E-state index contributed by atoms with van der Waals surface area (Å²) in [6.07, 6.45) is 0. The maximum atomic E-state index is 5.28. The van der Waals surface area contributed by atoms with Crippen LogP contribution in [0.5, 0.6) is 0 Å². The topological polar surface area (TPSA) is 82.5 Å². The Morgan fingerprint density at radius 1 is 1.13 bits per heavy atom. The van der Waals surface area contributed by atoms with E-state index in [4.69, 9.17) is 4.52 Å². The SMILES string of the molecule is c1ccc(-n2nnnc2SCc2nc(-c3cccs3)no2)cc1. The van der Waals surface area contributed by atoms with E-state index in [0.29, 0.717) is 22.6 Å². The molecular formula is C14H10N6OS2. The van der Waals surface area contributed by atoms with E-state index in [1.54, 1.807) is 16.0 Å². The van der Waals surface area contributed by atoms with Crippen LogP contribution in [0.4, 0.5) is 0 Å². The minimum absolute atomic E-state index is 0.506. The van der Waals surface area contributed by atoms with Gasteiger partial charge in [-0.1, -0.05) is 41.2 Å². The number of hydrogen-bond acceptors (Lipinski definition) is 8. The molecule has 4 rings (SSSR count). The summed E-state index contributed by atoms with van der Waals surface area (Å²) in [6.45, 7) is 0. The fraction of sp³-hybridized carbons (Fsp3) is 0.0714. The molecule has 0 atom stereocenters. The van der Waals surface area contributed by atoms with Crippen molar-refractivity contribution >= 4 is 23.1 Å². The minimum atomic E-state index is 0.506. The summed E-state index contributed by atoms with van der Waals surface area (Å²) < 4.78 is 6.96. The molecule has 0 aliphatic carbocycles. The van der Waals surface area contributed by atoms with Gasteiger partial charge in [-0.2, -0.15) is 9.67 Å². The molecule has 114 valence electrons. The Balaban J connectivity index is 1.49. The van der Waals surface area contributed by atoms with Gasteiger partial charge in [0.25, 0.3) is 0 Å². The first-order valence-corrected chi connectivity index (χ1v) is 8.60. The van der Waals surface area contributed by atoms with Crippen molar-refractivity contribution in [1.29, 1.82) is 0 Å². The number of tetrazole rings is 1. The zero-order valence-electron chi connectivity index (χ0n) is 11.7. The van der Waals surface area contributed by atoms with Crippen LogP contribution < -0.4 is 0 Å². The molecule has 0 saturated carbocycles. The summed E-state index contributed by atoms with van der Waals surface area (Å²) in [7, 11) is 0. The Morgan fingerprint density at radius 2 is 2.04 bits per heavy atom. The van der Waals surface area contributed by atoms with Crippen LogP contribution in [0.3, 0.4) is 0 Å². The number of para-hydroxylation sites is 1. The maximum Gasteiger partial charge on any atom is 0.237 e. The second-order valence-corrected chi connectivity index (χ2v) is 6.38. The van der Waals surface area contributed by atoms with Gasteiger partial charge in [-0.25, -0.2) is 0 Å². The molecule has 3 heterocycles. The molecule has 0 amide bonds. The fourth-order valence-corrected chi connectivity index (χ4v) is 3.32. The Morgan fingerprint density at radius 3 is 2.87 bits per heavy atom. The van der Waals surface area contributed by atoms with Crippen molar-refractivity contribution in [3.05, 3.63) is 53.7 Å². The molecule has 7 nitrogen and oxygen atoms in total. The van der Waals surface area contributed by atoms with Gasteiger partial charge >= 0.3 is 0 Å². The van der Waals surface area contributed by atoms with Gasteiger partial charge in [-0.05, 0) is 34.0 Å². The fourth-order valence-electron chi connectivity index (χ4n) is 1.95. The van der Waals surface area contributed by atoms with Crippen molar-refractivity contribution in [2.75, 3.05) is 0 Å². The van der Waals surface area contributed by atoms with E-state index in [-0.39, 0.29) is 0 Å². The number of aromatic nitrogens is 6. The van der Waals surface area contributed by atoms with Crippen molar-refractivity contribution in [2.45, 2.75) is 10.9 Å². The first-order valence-electron chi connectivity index (χ1n) is 6.73. The highest BCUT2D eigenvalue weighted by Gasteiger charge is 2.13. The summed E-state index contributed by atoms with van der Waals surface area (Å²) in [4.78, 5) is 5.37. The van der Waals surface area contributed by atoms with E-state index in [0.717, 1.165) is 10.6 Å². The van der Waals surface area contributed by atoms with Crippen LogP contribution in [0.2, 0.25) is 0 Å². The molecule has 0 unspecified atom stereocenters. The molecule has 0 spiro atoms. The third kappa shape index (κ3) is 3.01. The van der Waals surface area contributed by atoms with E-state index in [1.807, 2.05) is 47.8 Å². The second kappa shape index (κ2) is 6.31. The molecule has 0 bridgehead atoms. The van der Waals surface area contributed by atoms with Gasteiger partial charge in [0.1, 0.15) is 0 Å². The molecule has 0 radical (unpaired) electrons. The molecule has 1 aromatic carbocycles. The summed E-state index contributed by atoms with van der Waals surface area (Å²) >= 11 is 3.02. The number of thioether (sulfide) groups is 1. The van der Waals surface area contributed by atoms with Crippen molar-refractivity contribution in [3.63, 3.8) is 0 Å². The van der Waals surface area contributed by atoms with Crippen molar-refractivity contribution in [1.82, 2.24) is 30.3 Å². The Labute approximate surface area is 139 Å². The molecule has 9 heteroatoms. The van der Waals surface area contributed by atoms with Crippen LogP contribution >= 0.6 is 23.1 Å². The number of thiophene rings is 1.